The van der Waals surface area contributed by atoms with Crippen molar-refractivity contribution < 1.29 is 14.3 Å². The van der Waals surface area contributed by atoms with Crippen LogP contribution in [-0.2, 0) is 4.74 Å². The highest BCUT2D eigenvalue weighted by Crippen LogP contribution is 2.27. The number of para-hydroxylation sites is 1. The summed E-state index contributed by atoms with van der Waals surface area (Å²) in [6.45, 7) is 0. The van der Waals surface area contributed by atoms with E-state index in [1.165, 1.54) is 7.11 Å². The Morgan fingerprint density at radius 2 is 1.73 bits per heavy atom. The number of nitrogens with zero attached hydrogens (tertiary/aromatic N) is 1. The number of hydrogen-bond donors (Lipinski definition) is 1. The van der Waals surface area contributed by atoms with Crippen LogP contribution in [0.5, 0.6) is 11.5 Å². The lowest BCUT2D eigenvalue weighted by Crippen LogP contribution is -2.00. The van der Waals surface area contributed by atoms with Gasteiger partial charge in [0, 0.05) is 5.56 Å². The zero-order valence-electron chi connectivity index (χ0n) is 14.1. The van der Waals surface area contributed by atoms with Crippen molar-refractivity contribution in [3.8, 4) is 22.9 Å². The fourth-order valence-electron chi connectivity index (χ4n) is 2.72. The highest BCUT2D eigenvalue weighted by atomic mass is 16.5. The summed E-state index contributed by atoms with van der Waals surface area (Å²) in [5, 5.41) is 0. The molecule has 0 aliphatic heterocycles. The molecule has 0 saturated carbocycles. The van der Waals surface area contributed by atoms with E-state index in [2.05, 4.69) is 9.97 Å². The molecule has 0 unspecified atom stereocenters. The molecule has 5 heteroatoms. The summed E-state index contributed by atoms with van der Waals surface area (Å²) in [7, 11) is 1.36. The number of esters is 1. The van der Waals surface area contributed by atoms with E-state index in [9.17, 15) is 4.79 Å². The number of H-pyrrole nitrogens is 1. The molecule has 0 radical (unpaired) electrons. The lowest BCUT2D eigenvalue weighted by Gasteiger charge is -2.06. The third-order valence-electron chi connectivity index (χ3n) is 3.99. The zero-order valence-corrected chi connectivity index (χ0v) is 14.1. The summed E-state index contributed by atoms with van der Waals surface area (Å²) in [4.78, 5) is 19.5. The number of methoxy groups -OCH3 is 1. The maximum Gasteiger partial charge on any atom is 0.337 e. The molecular formula is C21H16N2O3. The van der Waals surface area contributed by atoms with Crippen LogP contribution in [-0.4, -0.2) is 23.0 Å². The molecule has 4 rings (SSSR count). The Bertz CT molecular complexity index is 1070. The van der Waals surface area contributed by atoms with Gasteiger partial charge in [0.15, 0.2) is 0 Å². The summed E-state index contributed by atoms with van der Waals surface area (Å²) in [5.41, 5.74) is 2.94. The Morgan fingerprint density at radius 1 is 0.923 bits per heavy atom. The molecule has 0 saturated heterocycles. The first kappa shape index (κ1) is 15.9. The van der Waals surface area contributed by atoms with E-state index in [1.807, 2.05) is 54.6 Å². The number of benzene rings is 3. The van der Waals surface area contributed by atoms with E-state index >= 15 is 0 Å². The molecule has 0 atom stereocenters. The SMILES string of the molecule is COC(=O)c1ccc2nc(-c3cccc(Oc4ccccc4)c3)[nH]c2c1. The maximum atomic E-state index is 11.7. The third kappa shape index (κ3) is 3.15. The minimum absolute atomic E-state index is 0.374. The Labute approximate surface area is 150 Å². The van der Waals surface area contributed by atoms with Crippen molar-refractivity contribution in [2.75, 3.05) is 7.11 Å². The lowest BCUT2D eigenvalue weighted by atomic mass is 10.2. The normalized spacial score (nSPS) is 10.7. The largest absolute Gasteiger partial charge is 0.465 e. The quantitative estimate of drug-likeness (QED) is 0.540. The van der Waals surface area contributed by atoms with Crippen molar-refractivity contribution in [2.24, 2.45) is 0 Å². The van der Waals surface area contributed by atoms with Crippen LogP contribution in [0.3, 0.4) is 0 Å². The average molecular weight is 344 g/mol. The Balaban J connectivity index is 1.67. The molecular weight excluding hydrogens is 328 g/mol. The number of carbonyl (C=O) groups is 1. The van der Waals surface area contributed by atoms with Crippen LogP contribution in [0.2, 0.25) is 0 Å². The number of hydrogen-bond acceptors (Lipinski definition) is 4. The molecule has 1 N–H and O–H groups in total. The fourth-order valence-corrected chi connectivity index (χ4v) is 2.72. The highest BCUT2D eigenvalue weighted by Gasteiger charge is 2.10. The Hall–Kier alpha value is -3.60. The zero-order chi connectivity index (χ0) is 17.9. The van der Waals surface area contributed by atoms with Gasteiger partial charge in [-0.2, -0.15) is 0 Å². The van der Waals surface area contributed by atoms with E-state index < -0.39 is 0 Å². The monoisotopic (exact) mass is 344 g/mol. The van der Waals surface area contributed by atoms with Gasteiger partial charge in [-0.25, -0.2) is 9.78 Å². The summed E-state index contributed by atoms with van der Waals surface area (Å²) in [5.74, 6) is 1.84. The first-order valence-corrected chi connectivity index (χ1v) is 8.14. The van der Waals surface area contributed by atoms with Crippen molar-refractivity contribution in [2.45, 2.75) is 0 Å². The number of carbonyl (C=O) groups excluding carboxylic acids is 1. The minimum Gasteiger partial charge on any atom is -0.465 e. The molecule has 1 heterocycles. The van der Waals surface area contributed by atoms with Gasteiger partial charge in [-0.1, -0.05) is 30.3 Å². The van der Waals surface area contributed by atoms with E-state index in [4.69, 9.17) is 9.47 Å². The number of aromatic nitrogens is 2. The van der Waals surface area contributed by atoms with Gasteiger partial charge in [0.25, 0.3) is 0 Å². The Kier molecular flexibility index (Phi) is 4.11. The molecule has 26 heavy (non-hydrogen) atoms. The topological polar surface area (TPSA) is 64.2 Å². The molecule has 0 amide bonds. The van der Waals surface area contributed by atoms with Crippen molar-refractivity contribution in [3.63, 3.8) is 0 Å². The molecule has 0 bridgehead atoms. The van der Waals surface area contributed by atoms with E-state index in [1.54, 1.807) is 18.2 Å². The molecule has 4 aromatic rings. The predicted molar refractivity (Wildman–Crippen MR) is 99.4 cm³/mol. The molecule has 1 aromatic heterocycles. The summed E-state index contributed by atoms with van der Waals surface area (Å²) < 4.78 is 10.6. The van der Waals surface area contributed by atoms with Gasteiger partial charge in [-0.15, -0.1) is 0 Å². The molecule has 0 aliphatic carbocycles. The van der Waals surface area contributed by atoms with Crippen LogP contribution in [0.25, 0.3) is 22.4 Å². The van der Waals surface area contributed by atoms with Crippen LogP contribution in [0.1, 0.15) is 10.4 Å². The number of fused-ring (bicyclic) bond motifs is 1. The first-order valence-electron chi connectivity index (χ1n) is 8.14. The van der Waals surface area contributed by atoms with Gasteiger partial charge in [0.2, 0.25) is 0 Å². The van der Waals surface area contributed by atoms with Crippen molar-refractivity contribution in [1.29, 1.82) is 0 Å². The number of aromatic amines is 1. The highest BCUT2D eigenvalue weighted by molar-refractivity contribution is 5.94. The van der Waals surface area contributed by atoms with Crippen molar-refractivity contribution in [1.82, 2.24) is 9.97 Å². The second-order valence-electron chi connectivity index (χ2n) is 5.75. The second kappa shape index (κ2) is 6.72. The lowest BCUT2D eigenvalue weighted by molar-refractivity contribution is 0.0601. The smallest absolute Gasteiger partial charge is 0.337 e. The summed E-state index contributed by atoms with van der Waals surface area (Å²) in [6, 6.07) is 22.5. The summed E-state index contributed by atoms with van der Waals surface area (Å²) >= 11 is 0. The Morgan fingerprint density at radius 3 is 2.54 bits per heavy atom. The van der Waals surface area contributed by atoms with Crippen LogP contribution in [0, 0.1) is 0 Å². The van der Waals surface area contributed by atoms with Crippen molar-refractivity contribution in [3.05, 3.63) is 78.4 Å². The third-order valence-corrected chi connectivity index (χ3v) is 3.99. The molecule has 0 fully saturated rings. The van der Waals surface area contributed by atoms with Gasteiger partial charge in [0.1, 0.15) is 17.3 Å². The second-order valence-corrected chi connectivity index (χ2v) is 5.75. The van der Waals surface area contributed by atoms with Gasteiger partial charge in [0.05, 0.1) is 23.7 Å². The van der Waals surface area contributed by atoms with Crippen LogP contribution >= 0.6 is 0 Å². The van der Waals surface area contributed by atoms with Gasteiger partial charge in [-0.3, -0.25) is 0 Å². The van der Waals surface area contributed by atoms with E-state index in [-0.39, 0.29) is 5.97 Å². The van der Waals surface area contributed by atoms with E-state index in [0.29, 0.717) is 11.4 Å². The van der Waals surface area contributed by atoms with Gasteiger partial charge in [-0.05, 0) is 42.5 Å². The van der Waals surface area contributed by atoms with Crippen molar-refractivity contribution >= 4 is 17.0 Å². The fraction of sp³-hybridized carbons (Fsp3) is 0.0476. The molecule has 5 nitrogen and oxygen atoms in total. The van der Waals surface area contributed by atoms with Crippen LogP contribution in [0.4, 0.5) is 0 Å². The molecule has 3 aromatic carbocycles. The molecule has 128 valence electrons. The van der Waals surface area contributed by atoms with Gasteiger partial charge >= 0.3 is 5.97 Å². The number of nitrogens with one attached hydrogen (secondary N) is 1. The number of rotatable bonds is 4. The van der Waals surface area contributed by atoms with Gasteiger partial charge < -0.3 is 14.5 Å². The standard InChI is InChI=1S/C21H16N2O3/c1-25-21(24)15-10-11-18-19(13-15)23-20(22-18)14-6-5-9-17(12-14)26-16-7-3-2-4-8-16/h2-13H,1H3,(H,22,23). The molecule has 0 spiro atoms. The molecule has 0 aliphatic rings. The van der Waals surface area contributed by atoms with E-state index in [0.717, 1.165) is 28.1 Å². The number of ether oxygens (including phenoxy) is 2. The van der Waals surface area contributed by atoms with Crippen LogP contribution < -0.4 is 4.74 Å². The predicted octanol–water partition coefficient (Wildman–Crippen LogP) is 4.81. The minimum atomic E-state index is -0.374. The van der Waals surface area contributed by atoms with Crippen LogP contribution in [0.15, 0.2) is 72.8 Å². The summed E-state index contributed by atoms with van der Waals surface area (Å²) in [6.07, 6.45) is 0. The maximum absolute atomic E-state index is 11.7. The average Bonchev–Trinajstić information content (AvgIpc) is 3.12. The number of imidazole rings is 1. The first-order chi connectivity index (χ1) is 12.7.